The third-order valence-corrected chi connectivity index (χ3v) is 9.49. The molecule has 6 heteroatoms. The number of carbonyl (C=O) groups excluding carboxylic acids is 2. The monoisotopic (exact) mass is 298 g/mol. The fraction of sp³-hybridized carbons (Fsp3) is 0.571. The first-order chi connectivity index (χ1) is 9.51. The van der Waals surface area contributed by atoms with Crippen molar-refractivity contribution < 1.29 is 23.5 Å². The van der Waals surface area contributed by atoms with Gasteiger partial charge in [0.05, 0.1) is 19.6 Å². The number of esters is 2. The van der Waals surface area contributed by atoms with Crippen LogP contribution in [0.2, 0.25) is 18.1 Å². The van der Waals surface area contributed by atoms with Crippen molar-refractivity contribution >= 4 is 25.4 Å². The molecular weight excluding hydrogens is 276 g/mol. The van der Waals surface area contributed by atoms with E-state index in [0.717, 1.165) is 18.1 Å². The summed E-state index contributed by atoms with van der Waals surface area (Å²) in [5.74, 6) is -1.12. The molecule has 1 rings (SSSR count). The highest BCUT2D eigenvalue weighted by molar-refractivity contribution is 6.91. The lowest BCUT2D eigenvalue weighted by Gasteiger charge is -2.26. The van der Waals surface area contributed by atoms with Gasteiger partial charge in [-0.15, -0.1) is 0 Å². The van der Waals surface area contributed by atoms with E-state index in [4.69, 9.17) is 13.9 Å². The molecule has 0 aliphatic carbocycles. The highest BCUT2D eigenvalue weighted by atomic mass is 28.3. The molecule has 0 aliphatic rings. The molecule has 0 atom stereocenters. The average molecular weight is 298 g/mol. The molecule has 1 aromatic rings. The van der Waals surface area contributed by atoms with Crippen LogP contribution in [0.5, 0.6) is 0 Å². The summed E-state index contributed by atoms with van der Waals surface area (Å²) in [6, 6.07) is 2.83. The Morgan fingerprint density at radius 3 is 1.95 bits per heavy atom. The van der Waals surface area contributed by atoms with Crippen LogP contribution in [0.15, 0.2) is 10.7 Å². The van der Waals surface area contributed by atoms with E-state index in [1.807, 2.05) is 0 Å². The number of furan rings is 1. The number of hydrogen-bond acceptors (Lipinski definition) is 5. The molecule has 1 heterocycles. The summed E-state index contributed by atoms with van der Waals surface area (Å²) in [6.07, 6.45) is 1.32. The number of carbonyl (C=O) groups is 2. The standard InChI is InChI=1S/C14H22O5Si/c1-6-20(7-2,8-3)14-11(13(16)18-5)10(9-19-14)12(15)17-4/h9H,6-8H2,1-5H3. The Morgan fingerprint density at radius 1 is 1.05 bits per heavy atom. The zero-order valence-electron chi connectivity index (χ0n) is 12.7. The van der Waals surface area contributed by atoms with Gasteiger partial charge in [-0.05, 0) is 0 Å². The van der Waals surface area contributed by atoms with Crippen molar-refractivity contribution in [1.29, 1.82) is 0 Å². The third kappa shape index (κ3) is 2.65. The predicted octanol–water partition coefficient (Wildman–Crippen LogP) is 2.57. The summed E-state index contributed by atoms with van der Waals surface area (Å²) in [4.78, 5) is 23.8. The molecule has 0 spiro atoms. The van der Waals surface area contributed by atoms with Crippen molar-refractivity contribution in [2.24, 2.45) is 0 Å². The molecule has 0 saturated carbocycles. The number of ether oxygens (including phenoxy) is 2. The zero-order chi connectivity index (χ0) is 15.3. The minimum Gasteiger partial charge on any atom is -0.473 e. The maximum absolute atomic E-state index is 12.1. The van der Waals surface area contributed by atoms with Crippen molar-refractivity contribution in [3.63, 3.8) is 0 Å². The fourth-order valence-electron chi connectivity index (χ4n) is 2.54. The summed E-state index contributed by atoms with van der Waals surface area (Å²) in [5, 5.41) is 0.650. The average Bonchev–Trinajstić information content (AvgIpc) is 2.93. The molecule has 0 amide bonds. The Bertz CT molecular complexity index is 479. The second-order valence-corrected chi connectivity index (χ2v) is 9.81. The zero-order valence-corrected chi connectivity index (χ0v) is 13.7. The molecule has 1 aromatic heterocycles. The van der Waals surface area contributed by atoms with Crippen LogP contribution < -0.4 is 5.38 Å². The quantitative estimate of drug-likeness (QED) is 0.596. The van der Waals surface area contributed by atoms with Gasteiger partial charge >= 0.3 is 11.9 Å². The SMILES string of the molecule is CC[Si](CC)(CC)c1occ(C(=O)OC)c1C(=O)OC. The normalized spacial score (nSPS) is 11.2. The van der Waals surface area contributed by atoms with Gasteiger partial charge in [-0.1, -0.05) is 38.9 Å². The van der Waals surface area contributed by atoms with E-state index in [9.17, 15) is 9.59 Å². The van der Waals surface area contributed by atoms with Gasteiger partial charge in [0.1, 0.15) is 25.5 Å². The molecule has 0 aliphatic heterocycles. The van der Waals surface area contributed by atoms with E-state index < -0.39 is 20.0 Å². The van der Waals surface area contributed by atoms with Crippen molar-refractivity contribution in [3.05, 3.63) is 17.4 Å². The van der Waals surface area contributed by atoms with E-state index in [2.05, 4.69) is 20.8 Å². The van der Waals surface area contributed by atoms with E-state index in [-0.39, 0.29) is 11.1 Å². The molecule has 0 saturated heterocycles. The first-order valence-electron chi connectivity index (χ1n) is 6.79. The molecule has 5 nitrogen and oxygen atoms in total. The number of rotatable bonds is 6. The second kappa shape index (κ2) is 6.74. The van der Waals surface area contributed by atoms with Crippen molar-refractivity contribution in [2.75, 3.05) is 14.2 Å². The van der Waals surface area contributed by atoms with Crippen LogP contribution in [0.4, 0.5) is 0 Å². The van der Waals surface area contributed by atoms with Gasteiger partial charge in [0.25, 0.3) is 0 Å². The summed E-state index contributed by atoms with van der Waals surface area (Å²) in [7, 11) is 0.647. The van der Waals surface area contributed by atoms with E-state index in [0.29, 0.717) is 5.38 Å². The van der Waals surface area contributed by atoms with Crippen LogP contribution >= 0.6 is 0 Å². The van der Waals surface area contributed by atoms with Gasteiger partial charge in [0.2, 0.25) is 0 Å². The molecule has 0 radical (unpaired) electrons. The van der Waals surface area contributed by atoms with Crippen LogP contribution in [-0.2, 0) is 9.47 Å². The molecule has 0 bridgehead atoms. The van der Waals surface area contributed by atoms with E-state index in [1.165, 1.54) is 20.5 Å². The van der Waals surface area contributed by atoms with Crippen molar-refractivity contribution in [2.45, 2.75) is 38.9 Å². The number of methoxy groups -OCH3 is 2. The van der Waals surface area contributed by atoms with Gasteiger partial charge in [-0.25, -0.2) is 9.59 Å². The predicted molar refractivity (Wildman–Crippen MR) is 78.2 cm³/mol. The van der Waals surface area contributed by atoms with Crippen LogP contribution in [0.1, 0.15) is 41.5 Å². The topological polar surface area (TPSA) is 65.7 Å². The first-order valence-corrected chi connectivity index (χ1v) is 9.41. The lowest BCUT2D eigenvalue weighted by molar-refractivity contribution is 0.0557. The first kappa shape index (κ1) is 16.5. The Labute approximate surface area is 120 Å². The lowest BCUT2D eigenvalue weighted by atomic mass is 10.2. The van der Waals surface area contributed by atoms with Gasteiger partial charge in [0.15, 0.2) is 0 Å². The van der Waals surface area contributed by atoms with Crippen molar-refractivity contribution in [3.8, 4) is 0 Å². The van der Waals surface area contributed by atoms with Crippen LogP contribution in [-0.4, -0.2) is 34.2 Å². The van der Waals surface area contributed by atoms with Gasteiger partial charge in [0, 0.05) is 0 Å². The molecular formula is C14H22O5Si. The van der Waals surface area contributed by atoms with Gasteiger partial charge < -0.3 is 13.9 Å². The summed E-state index contributed by atoms with van der Waals surface area (Å²) >= 11 is 0. The van der Waals surface area contributed by atoms with Crippen LogP contribution in [0.25, 0.3) is 0 Å². The lowest BCUT2D eigenvalue weighted by Crippen LogP contribution is -2.47. The minimum absolute atomic E-state index is 0.154. The number of hydrogen-bond donors (Lipinski definition) is 0. The highest BCUT2D eigenvalue weighted by Gasteiger charge is 2.40. The van der Waals surface area contributed by atoms with Crippen LogP contribution in [0.3, 0.4) is 0 Å². The largest absolute Gasteiger partial charge is 0.473 e. The molecule has 0 fully saturated rings. The van der Waals surface area contributed by atoms with E-state index >= 15 is 0 Å². The summed E-state index contributed by atoms with van der Waals surface area (Å²) < 4.78 is 15.2. The highest BCUT2D eigenvalue weighted by Crippen LogP contribution is 2.25. The van der Waals surface area contributed by atoms with Gasteiger partial charge in [-0.2, -0.15) is 0 Å². The molecule has 0 unspecified atom stereocenters. The summed E-state index contributed by atoms with van der Waals surface area (Å²) in [5.41, 5.74) is 0.401. The maximum Gasteiger partial charge on any atom is 0.342 e. The third-order valence-electron chi connectivity index (χ3n) is 4.10. The Hall–Kier alpha value is -1.56. The van der Waals surface area contributed by atoms with Crippen molar-refractivity contribution in [1.82, 2.24) is 0 Å². The van der Waals surface area contributed by atoms with E-state index in [1.54, 1.807) is 0 Å². The molecule has 0 N–H and O–H groups in total. The molecule has 112 valence electrons. The Morgan fingerprint density at radius 2 is 1.55 bits per heavy atom. The Kier molecular flexibility index (Phi) is 5.56. The molecule has 0 aromatic carbocycles. The van der Waals surface area contributed by atoms with Gasteiger partial charge in [-0.3, -0.25) is 0 Å². The van der Waals surface area contributed by atoms with Crippen LogP contribution in [0, 0.1) is 0 Å². The molecule has 20 heavy (non-hydrogen) atoms. The Balaban J connectivity index is 3.51. The maximum atomic E-state index is 12.1. The second-order valence-electron chi connectivity index (χ2n) is 4.68. The summed E-state index contributed by atoms with van der Waals surface area (Å²) in [6.45, 7) is 6.29. The fourth-order valence-corrected chi connectivity index (χ4v) is 6.08. The smallest absolute Gasteiger partial charge is 0.342 e. The minimum atomic E-state index is -1.93.